The van der Waals surface area contributed by atoms with Crippen LogP contribution in [0.25, 0.3) is 6.08 Å². The zero-order valence-corrected chi connectivity index (χ0v) is 14.3. The molecule has 0 N–H and O–H groups in total. The number of piperidine rings is 1. The highest BCUT2D eigenvalue weighted by Crippen LogP contribution is 2.25. The van der Waals surface area contributed by atoms with Crippen molar-refractivity contribution in [1.29, 1.82) is 0 Å². The van der Waals surface area contributed by atoms with E-state index in [1.807, 2.05) is 0 Å². The third-order valence-corrected chi connectivity index (χ3v) is 4.66. The van der Waals surface area contributed by atoms with E-state index in [4.69, 9.17) is 9.47 Å². The van der Waals surface area contributed by atoms with Gasteiger partial charge in [0.15, 0.2) is 6.29 Å². The van der Waals surface area contributed by atoms with Gasteiger partial charge in [-0.1, -0.05) is 15.9 Å². The molecule has 2 heterocycles. The molecule has 0 aromatic heterocycles. The predicted molar refractivity (Wildman–Crippen MR) is 88.1 cm³/mol. The Kier molecular flexibility index (Phi) is 5.46. The van der Waals surface area contributed by atoms with Gasteiger partial charge in [0.25, 0.3) is 0 Å². The fourth-order valence-corrected chi connectivity index (χ4v) is 3.37. The molecular weight excluding hydrogens is 365 g/mol. The summed E-state index contributed by atoms with van der Waals surface area (Å²) in [4.78, 5) is 14.1. The van der Waals surface area contributed by atoms with Crippen LogP contribution in [0, 0.1) is 11.7 Å². The molecule has 1 unspecified atom stereocenters. The molecule has 3 rings (SSSR count). The number of carbonyl (C=O) groups excluding carboxylic acids is 1. The van der Waals surface area contributed by atoms with E-state index in [2.05, 4.69) is 15.9 Å². The molecule has 0 saturated carbocycles. The Hall–Kier alpha value is -1.24. The lowest BCUT2D eigenvalue weighted by Gasteiger charge is -2.34. The summed E-state index contributed by atoms with van der Waals surface area (Å²) in [6.45, 7) is 2.58. The SMILES string of the molecule is O=C(/C=C/c1cc(Br)ccc1F)N1CCCC(C2OCCO2)C1. The van der Waals surface area contributed by atoms with Crippen molar-refractivity contribution in [3.05, 3.63) is 40.1 Å². The minimum Gasteiger partial charge on any atom is -0.350 e. The van der Waals surface area contributed by atoms with Crippen LogP contribution in [-0.2, 0) is 14.3 Å². The zero-order chi connectivity index (χ0) is 16.2. The van der Waals surface area contributed by atoms with Crippen LogP contribution in [0.4, 0.5) is 4.39 Å². The van der Waals surface area contributed by atoms with E-state index >= 15 is 0 Å². The third kappa shape index (κ3) is 4.19. The highest BCUT2D eigenvalue weighted by Gasteiger charge is 2.32. The number of amides is 1. The maximum absolute atomic E-state index is 13.7. The minimum atomic E-state index is -0.346. The Morgan fingerprint density at radius 1 is 1.35 bits per heavy atom. The number of ether oxygens (including phenoxy) is 2. The first-order valence-electron chi connectivity index (χ1n) is 7.79. The number of hydrogen-bond donors (Lipinski definition) is 0. The summed E-state index contributed by atoms with van der Waals surface area (Å²) in [6.07, 6.45) is 4.69. The lowest BCUT2D eigenvalue weighted by Crippen LogP contribution is -2.43. The maximum Gasteiger partial charge on any atom is 0.246 e. The van der Waals surface area contributed by atoms with Crippen molar-refractivity contribution in [1.82, 2.24) is 4.90 Å². The lowest BCUT2D eigenvalue weighted by atomic mass is 9.97. The summed E-state index contributed by atoms with van der Waals surface area (Å²) in [5, 5.41) is 0. The fraction of sp³-hybridized carbons (Fsp3) is 0.471. The first kappa shape index (κ1) is 16.6. The zero-order valence-electron chi connectivity index (χ0n) is 12.7. The van der Waals surface area contributed by atoms with Crippen LogP contribution in [0.3, 0.4) is 0 Å². The van der Waals surface area contributed by atoms with E-state index in [1.165, 1.54) is 18.2 Å². The average molecular weight is 384 g/mol. The van der Waals surface area contributed by atoms with Gasteiger partial charge in [0.1, 0.15) is 5.82 Å². The van der Waals surface area contributed by atoms with Crippen LogP contribution in [0.15, 0.2) is 28.7 Å². The molecule has 0 aliphatic carbocycles. The van der Waals surface area contributed by atoms with Crippen molar-refractivity contribution in [2.45, 2.75) is 19.1 Å². The Labute approximate surface area is 143 Å². The molecule has 23 heavy (non-hydrogen) atoms. The summed E-state index contributed by atoms with van der Waals surface area (Å²) in [5.41, 5.74) is 0.392. The largest absolute Gasteiger partial charge is 0.350 e. The van der Waals surface area contributed by atoms with E-state index in [-0.39, 0.29) is 23.9 Å². The molecule has 0 radical (unpaired) electrons. The molecule has 4 nitrogen and oxygen atoms in total. The highest BCUT2D eigenvalue weighted by molar-refractivity contribution is 9.10. The molecule has 2 aliphatic heterocycles. The molecule has 2 aliphatic rings. The summed E-state index contributed by atoms with van der Waals surface area (Å²) < 4.78 is 25.6. The number of halogens is 2. The van der Waals surface area contributed by atoms with Crippen molar-refractivity contribution in [3.8, 4) is 0 Å². The van der Waals surface area contributed by atoms with E-state index in [1.54, 1.807) is 17.0 Å². The first-order valence-corrected chi connectivity index (χ1v) is 8.58. The summed E-state index contributed by atoms with van der Waals surface area (Å²) in [6, 6.07) is 4.66. The molecule has 2 saturated heterocycles. The van der Waals surface area contributed by atoms with Crippen molar-refractivity contribution in [2.75, 3.05) is 26.3 Å². The minimum absolute atomic E-state index is 0.105. The second kappa shape index (κ2) is 7.55. The van der Waals surface area contributed by atoms with Gasteiger partial charge in [-0.15, -0.1) is 0 Å². The standard InChI is InChI=1S/C17H19BrFNO3/c18-14-4-5-15(19)12(10-14)3-6-16(21)20-7-1-2-13(11-20)17-22-8-9-23-17/h3-6,10,13,17H,1-2,7-9,11H2/b6-3+. The monoisotopic (exact) mass is 383 g/mol. The number of nitrogens with zero attached hydrogens (tertiary/aromatic N) is 1. The smallest absolute Gasteiger partial charge is 0.246 e. The summed E-state index contributed by atoms with van der Waals surface area (Å²) in [5.74, 6) is -0.236. The van der Waals surface area contributed by atoms with Crippen molar-refractivity contribution in [2.24, 2.45) is 5.92 Å². The average Bonchev–Trinajstić information content (AvgIpc) is 3.10. The lowest BCUT2D eigenvalue weighted by molar-refractivity contribution is -0.134. The van der Waals surface area contributed by atoms with Crippen molar-refractivity contribution < 1.29 is 18.7 Å². The number of carbonyl (C=O) groups is 1. The quantitative estimate of drug-likeness (QED) is 0.752. The van der Waals surface area contributed by atoms with Gasteiger partial charge < -0.3 is 14.4 Å². The van der Waals surface area contributed by atoms with Crippen LogP contribution in [0.1, 0.15) is 18.4 Å². The highest BCUT2D eigenvalue weighted by atomic mass is 79.9. The van der Waals surface area contributed by atoms with Crippen LogP contribution in [0.2, 0.25) is 0 Å². The Morgan fingerprint density at radius 3 is 2.91 bits per heavy atom. The number of benzene rings is 1. The molecular formula is C17H19BrFNO3. The van der Waals surface area contributed by atoms with E-state index < -0.39 is 0 Å². The van der Waals surface area contributed by atoms with E-state index in [0.29, 0.717) is 31.9 Å². The Balaban J connectivity index is 1.63. The number of hydrogen-bond acceptors (Lipinski definition) is 3. The van der Waals surface area contributed by atoms with Gasteiger partial charge in [0, 0.05) is 35.1 Å². The molecule has 0 spiro atoms. The molecule has 1 amide bonds. The molecule has 0 bridgehead atoms. The topological polar surface area (TPSA) is 38.8 Å². The van der Waals surface area contributed by atoms with Gasteiger partial charge >= 0.3 is 0 Å². The first-order chi connectivity index (χ1) is 11.1. The molecule has 1 atom stereocenters. The van der Waals surface area contributed by atoms with Gasteiger partial charge in [-0.3, -0.25) is 4.79 Å². The second-order valence-electron chi connectivity index (χ2n) is 5.80. The molecule has 1 aromatic rings. The van der Waals surface area contributed by atoms with Crippen LogP contribution in [0.5, 0.6) is 0 Å². The van der Waals surface area contributed by atoms with Crippen LogP contribution < -0.4 is 0 Å². The third-order valence-electron chi connectivity index (χ3n) is 4.17. The van der Waals surface area contributed by atoms with Crippen LogP contribution >= 0.6 is 15.9 Å². The number of rotatable bonds is 3. The Bertz CT molecular complexity index is 602. The van der Waals surface area contributed by atoms with Gasteiger partial charge in [0.2, 0.25) is 5.91 Å². The van der Waals surface area contributed by atoms with Gasteiger partial charge in [0.05, 0.1) is 13.2 Å². The number of likely N-dealkylation sites (tertiary alicyclic amines) is 1. The normalized spacial score (nSPS) is 22.9. The van der Waals surface area contributed by atoms with Crippen molar-refractivity contribution in [3.63, 3.8) is 0 Å². The molecule has 1 aromatic carbocycles. The molecule has 2 fully saturated rings. The Morgan fingerprint density at radius 2 is 2.13 bits per heavy atom. The van der Waals surface area contributed by atoms with E-state index in [9.17, 15) is 9.18 Å². The van der Waals surface area contributed by atoms with Crippen molar-refractivity contribution >= 4 is 27.9 Å². The van der Waals surface area contributed by atoms with Gasteiger partial charge in [-0.25, -0.2) is 4.39 Å². The molecule has 124 valence electrons. The summed E-state index contributed by atoms with van der Waals surface area (Å²) in [7, 11) is 0. The maximum atomic E-state index is 13.7. The predicted octanol–water partition coefficient (Wildman–Crippen LogP) is 3.21. The van der Waals surface area contributed by atoms with Gasteiger partial charge in [-0.2, -0.15) is 0 Å². The molecule has 6 heteroatoms. The second-order valence-corrected chi connectivity index (χ2v) is 6.71. The fourth-order valence-electron chi connectivity index (χ4n) is 2.99. The summed E-state index contributed by atoms with van der Waals surface area (Å²) >= 11 is 3.30. The van der Waals surface area contributed by atoms with E-state index in [0.717, 1.165) is 17.3 Å². The van der Waals surface area contributed by atoms with Crippen LogP contribution in [-0.4, -0.2) is 43.4 Å². The van der Waals surface area contributed by atoms with Gasteiger partial charge in [-0.05, 0) is 37.1 Å².